The molecule has 0 radical (unpaired) electrons. The van der Waals surface area contributed by atoms with E-state index in [2.05, 4.69) is 5.32 Å². The summed E-state index contributed by atoms with van der Waals surface area (Å²) in [6.45, 7) is 6.31. The van der Waals surface area contributed by atoms with Gasteiger partial charge in [-0.25, -0.2) is 0 Å². The zero-order valence-electron chi connectivity index (χ0n) is 20.1. The molecule has 0 aliphatic carbocycles. The summed E-state index contributed by atoms with van der Waals surface area (Å²) in [7, 11) is 4.70. The second kappa shape index (κ2) is 11.2. The summed E-state index contributed by atoms with van der Waals surface area (Å²) in [5.41, 5.74) is 0.278. The van der Waals surface area contributed by atoms with Gasteiger partial charge in [-0.3, -0.25) is 14.4 Å². The van der Waals surface area contributed by atoms with Crippen LogP contribution in [0.3, 0.4) is 0 Å². The number of carbonyl (C=O) groups excluding carboxylic acids is 3. The van der Waals surface area contributed by atoms with Crippen LogP contribution in [0.5, 0.6) is 17.2 Å². The van der Waals surface area contributed by atoms with Crippen LogP contribution in [0.1, 0.15) is 52.0 Å². The summed E-state index contributed by atoms with van der Waals surface area (Å²) < 4.78 is 16.1. The molecular weight excluding hydrogens is 412 g/mol. The summed E-state index contributed by atoms with van der Waals surface area (Å²) >= 11 is 0. The quantitative estimate of drug-likeness (QED) is 0.413. The third kappa shape index (κ3) is 5.72. The van der Waals surface area contributed by atoms with Crippen molar-refractivity contribution >= 4 is 17.6 Å². The highest BCUT2D eigenvalue weighted by Crippen LogP contribution is 2.38. The smallest absolute Gasteiger partial charge is 0.291 e. The molecule has 1 heterocycles. The Labute approximate surface area is 190 Å². The molecule has 1 N–H and O–H groups in total. The molecule has 1 fully saturated rings. The number of ether oxygens (including phenoxy) is 3. The fourth-order valence-electron chi connectivity index (χ4n) is 3.76. The maximum atomic E-state index is 12.7. The molecule has 8 nitrogen and oxygen atoms in total. The number of methoxy groups -OCH3 is 3. The Morgan fingerprint density at radius 2 is 1.72 bits per heavy atom. The number of carbonyl (C=O) groups is 3. The monoisotopic (exact) mass is 448 g/mol. The summed E-state index contributed by atoms with van der Waals surface area (Å²) in [5.74, 6) is 0.534. The van der Waals surface area contributed by atoms with E-state index >= 15 is 0 Å². The Bertz CT molecular complexity index is 811. The van der Waals surface area contributed by atoms with Crippen molar-refractivity contribution in [2.24, 2.45) is 5.41 Å². The average Bonchev–Trinajstić information content (AvgIpc) is 3.29. The number of amides is 2. The molecule has 2 rings (SSSR count). The van der Waals surface area contributed by atoms with Crippen molar-refractivity contribution in [2.45, 2.75) is 58.9 Å². The van der Waals surface area contributed by atoms with Gasteiger partial charge in [-0.1, -0.05) is 20.8 Å². The van der Waals surface area contributed by atoms with Gasteiger partial charge in [-0.2, -0.15) is 0 Å². The highest BCUT2D eigenvalue weighted by atomic mass is 16.5. The first-order valence-corrected chi connectivity index (χ1v) is 11.1. The molecule has 32 heavy (non-hydrogen) atoms. The van der Waals surface area contributed by atoms with Gasteiger partial charge in [-0.05, 0) is 49.8 Å². The number of hydrogen-bond donors (Lipinski definition) is 1. The Kier molecular flexibility index (Phi) is 8.92. The van der Waals surface area contributed by atoms with Crippen molar-refractivity contribution in [2.75, 3.05) is 34.4 Å². The van der Waals surface area contributed by atoms with E-state index in [1.54, 1.807) is 35.2 Å². The Balaban J connectivity index is 1.93. The molecule has 2 amide bonds. The van der Waals surface area contributed by atoms with E-state index in [4.69, 9.17) is 14.2 Å². The standard InChI is InChI=1S/C24H36N2O6/c1-7-24(2,3)21(27)23(29)26-13-9-11-17(26)22(28)25-12-8-10-16-14-18(30-4)20(32-6)19(15-16)31-5/h14-15,17H,7-13H2,1-6H3,(H,25,28)/t17-/m0/s1. The van der Waals surface area contributed by atoms with E-state index in [1.165, 1.54) is 4.90 Å². The molecule has 8 heteroatoms. The highest BCUT2D eigenvalue weighted by molar-refractivity contribution is 6.38. The lowest BCUT2D eigenvalue weighted by atomic mass is 9.84. The predicted octanol–water partition coefficient (Wildman–Crippen LogP) is 2.76. The topological polar surface area (TPSA) is 94.2 Å². The lowest BCUT2D eigenvalue weighted by molar-refractivity contribution is -0.151. The van der Waals surface area contributed by atoms with Gasteiger partial charge < -0.3 is 24.4 Å². The molecular formula is C24H36N2O6. The van der Waals surface area contributed by atoms with Crippen LogP contribution >= 0.6 is 0 Å². The number of ketones is 1. The molecule has 1 aliphatic heterocycles. The Morgan fingerprint density at radius 3 is 2.25 bits per heavy atom. The zero-order chi connectivity index (χ0) is 23.9. The molecule has 0 saturated carbocycles. The average molecular weight is 449 g/mol. The van der Waals surface area contributed by atoms with Crippen molar-refractivity contribution in [1.29, 1.82) is 0 Å². The summed E-state index contributed by atoms with van der Waals surface area (Å²) in [6, 6.07) is 3.20. The van der Waals surface area contributed by atoms with Gasteiger partial charge in [0.2, 0.25) is 17.4 Å². The fourth-order valence-corrected chi connectivity index (χ4v) is 3.76. The van der Waals surface area contributed by atoms with Gasteiger partial charge in [0.25, 0.3) is 5.91 Å². The molecule has 178 valence electrons. The minimum absolute atomic E-state index is 0.206. The molecule has 1 aliphatic rings. The number of aryl methyl sites for hydroxylation is 1. The van der Waals surface area contributed by atoms with Crippen molar-refractivity contribution in [3.05, 3.63) is 17.7 Å². The minimum atomic E-state index is -0.721. The normalized spacial score (nSPS) is 15.9. The van der Waals surface area contributed by atoms with E-state index in [9.17, 15) is 14.4 Å². The van der Waals surface area contributed by atoms with Crippen LogP contribution in [0.2, 0.25) is 0 Å². The largest absolute Gasteiger partial charge is 0.493 e. The molecule has 1 aromatic rings. The first kappa shape index (κ1) is 25.5. The lowest BCUT2D eigenvalue weighted by Gasteiger charge is -2.27. The maximum absolute atomic E-state index is 12.7. The summed E-state index contributed by atoms with van der Waals surface area (Å²) in [5, 5.41) is 2.92. The van der Waals surface area contributed by atoms with E-state index in [-0.39, 0.29) is 5.91 Å². The van der Waals surface area contributed by atoms with Crippen LogP contribution in [0, 0.1) is 5.41 Å². The van der Waals surface area contributed by atoms with Crippen molar-refractivity contribution in [3.8, 4) is 17.2 Å². The highest BCUT2D eigenvalue weighted by Gasteiger charge is 2.40. The van der Waals surface area contributed by atoms with E-state index < -0.39 is 23.1 Å². The van der Waals surface area contributed by atoms with Gasteiger partial charge >= 0.3 is 0 Å². The lowest BCUT2D eigenvalue weighted by Crippen LogP contribution is -2.50. The Hall–Kier alpha value is -2.77. The zero-order valence-corrected chi connectivity index (χ0v) is 20.1. The van der Waals surface area contributed by atoms with Crippen LogP contribution in [0.4, 0.5) is 0 Å². The molecule has 1 aromatic carbocycles. The SMILES string of the molecule is CCC(C)(C)C(=O)C(=O)N1CCC[C@H]1C(=O)NCCCc1cc(OC)c(OC)c(OC)c1. The molecule has 0 unspecified atom stereocenters. The van der Waals surface area contributed by atoms with E-state index in [0.717, 1.165) is 12.0 Å². The van der Waals surface area contributed by atoms with Crippen LogP contribution in [-0.2, 0) is 20.8 Å². The molecule has 0 aromatic heterocycles. The number of nitrogens with one attached hydrogen (secondary N) is 1. The van der Waals surface area contributed by atoms with Gasteiger partial charge in [0.15, 0.2) is 11.5 Å². The number of rotatable bonds is 11. The summed E-state index contributed by atoms with van der Waals surface area (Å²) in [4.78, 5) is 39.4. The Morgan fingerprint density at radius 1 is 1.09 bits per heavy atom. The molecule has 0 spiro atoms. The fraction of sp³-hybridized carbons (Fsp3) is 0.625. The molecule has 1 atom stereocenters. The van der Waals surface area contributed by atoms with Crippen molar-refractivity contribution in [1.82, 2.24) is 10.2 Å². The van der Waals surface area contributed by atoms with Crippen LogP contribution in [0.25, 0.3) is 0 Å². The van der Waals surface area contributed by atoms with Crippen LogP contribution in [0.15, 0.2) is 12.1 Å². The molecule has 0 bridgehead atoms. The van der Waals surface area contributed by atoms with Crippen molar-refractivity contribution < 1.29 is 28.6 Å². The van der Waals surface area contributed by atoms with E-state index in [1.807, 2.05) is 19.1 Å². The predicted molar refractivity (Wildman–Crippen MR) is 121 cm³/mol. The van der Waals surface area contributed by atoms with Gasteiger partial charge in [-0.15, -0.1) is 0 Å². The second-order valence-electron chi connectivity index (χ2n) is 8.65. The first-order valence-electron chi connectivity index (χ1n) is 11.1. The third-order valence-corrected chi connectivity index (χ3v) is 6.18. The first-order chi connectivity index (χ1) is 15.2. The number of likely N-dealkylation sites (tertiary alicyclic amines) is 1. The van der Waals surface area contributed by atoms with Gasteiger partial charge in [0, 0.05) is 18.5 Å². The van der Waals surface area contributed by atoms with Crippen LogP contribution < -0.4 is 19.5 Å². The van der Waals surface area contributed by atoms with E-state index in [0.29, 0.717) is 56.0 Å². The van der Waals surface area contributed by atoms with Gasteiger partial charge in [0.1, 0.15) is 6.04 Å². The maximum Gasteiger partial charge on any atom is 0.291 e. The second-order valence-corrected chi connectivity index (χ2v) is 8.65. The summed E-state index contributed by atoms with van der Waals surface area (Å²) in [6.07, 6.45) is 3.27. The number of nitrogens with zero attached hydrogens (tertiary/aromatic N) is 1. The number of benzene rings is 1. The third-order valence-electron chi connectivity index (χ3n) is 6.18. The number of hydrogen-bond acceptors (Lipinski definition) is 6. The van der Waals surface area contributed by atoms with Crippen molar-refractivity contribution in [3.63, 3.8) is 0 Å². The van der Waals surface area contributed by atoms with Crippen LogP contribution in [-0.4, -0.2) is 63.0 Å². The number of Topliss-reactive ketones (excluding diaryl/α,β-unsaturated/α-hetero) is 1. The minimum Gasteiger partial charge on any atom is -0.493 e. The molecule has 1 saturated heterocycles. The van der Waals surface area contributed by atoms with Gasteiger partial charge in [0.05, 0.1) is 21.3 Å².